The van der Waals surface area contributed by atoms with Crippen LogP contribution in [-0.2, 0) is 0 Å². The van der Waals surface area contributed by atoms with E-state index in [1.54, 1.807) is 12.1 Å². The first-order valence-electron chi connectivity index (χ1n) is 9.21. The molecule has 0 unspecified atom stereocenters. The first kappa shape index (κ1) is 14.7. The molecular weight excluding hydrogens is 273 g/mol. The fourth-order valence-electron chi connectivity index (χ4n) is 5.44. The van der Waals surface area contributed by atoms with Gasteiger partial charge in [-0.05, 0) is 99.6 Å². The Hall–Kier alpha value is -0.890. The highest BCUT2D eigenvalue weighted by Crippen LogP contribution is 2.45. The van der Waals surface area contributed by atoms with Crippen molar-refractivity contribution in [2.75, 3.05) is 13.1 Å². The molecule has 0 radical (unpaired) electrons. The highest BCUT2D eigenvalue weighted by Gasteiger charge is 2.39. The molecule has 1 saturated heterocycles. The number of fused-ring (bicyclic) bond motifs is 2. The standard InChI is InChI=1S/C20H28FN/c1-14-2-6-18(21)13-19(14)16-8-10-22(11-9-16)20-7-4-15-3-5-17(20)12-15/h2,6,13,15-17,20H,3-5,7-12H2,1H3/t15-,17+,20+/m1/s1. The Morgan fingerprint density at radius 1 is 1.00 bits per heavy atom. The molecular formula is C20H28FN. The van der Waals surface area contributed by atoms with Crippen LogP contribution in [0.25, 0.3) is 0 Å². The molecule has 1 nitrogen and oxygen atoms in total. The lowest BCUT2D eigenvalue weighted by molar-refractivity contribution is 0.0839. The lowest BCUT2D eigenvalue weighted by Crippen LogP contribution is -2.45. The number of rotatable bonds is 2. The van der Waals surface area contributed by atoms with Crippen molar-refractivity contribution >= 4 is 0 Å². The van der Waals surface area contributed by atoms with Gasteiger partial charge in [0.05, 0.1) is 0 Å². The molecule has 0 amide bonds. The molecule has 0 spiro atoms. The quantitative estimate of drug-likeness (QED) is 0.751. The van der Waals surface area contributed by atoms with E-state index in [1.807, 2.05) is 6.07 Å². The number of hydrogen-bond acceptors (Lipinski definition) is 1. The topological polar surface area (TPSA) is 3.24 Å². The molecule has 2 aliphatic carbocycles. The predicted molar refractivity (Wildman–Crippen MR) is 88.5 cm³/mol. The zero-order valence-corrected chi connectivity index (χ0v) is 13.7. The van der Waals surface area contributed by atoms with Gasteiger partial charge in [-0.25, -0.2) is 4.39 Å². The van der Waals surface area contributed by atoms with E-state index < -0.39 is 0 Å². The highest BCUT2D eigenvalue weighted by atomic mass is 19.1. The summed E-state index contributed by atoms with van der Waals surface area (Å²) in [4.78, 5) is 2.78. The van der Waals surface area contributed by atoms with E-state index >= 15 is 0 Å². The number of benzene rings is 1. The van der Waals surface area contributed by atoms with Crippen LogP contribution in [0.5, 0.6) is 0 Å². The van der Waals surface area contributed by atoms with Crippen molar-refractivity contribution in [2.24, 2.45) is 11.8 Å². The molecule has 3 fully saturated rings. The Balaban J connectivity index is 1.41. The second kappa shape index (κ2) is 5.96. The Morgan fingerprint density at radius 2 is 1.77 bits per heavy atom. The fraction of sp³-hybridized carbons (Fsp3) is 0.700. The summed E-state index contributed by atoms with van der Waals surface area (Å²) in [6.45, 7) is 4.56. The fourth-order valence-corrected chi connectivity index (χ4v) is 5.44. The summed E-state index contributed by atoms with van der Waals surface area (Å²) in [6, 6.07) is 6.16. The van der Waals surface area contributed by atoms with Gasteiger partial charge in [-0.3, -0.25) is 0 Å². The SMILES string of the molecule is Cc1ccc(F)cc1C1CCN([C@H]2CC[C@H]3CC[C@H]2C3)CC1. The van der Waals surface area contributed by atoms with Gasteiger partial charge in [0.25, 0.3) is 0 Å². The number of likely N-dealkylation sites (tertiary alicyclic amines) is 1. The minimum Gasteiger partial charge on any atom is -0.300 e. The monoisotopic (exact) mass is 301 g/mol. The number of aryl methyl sites for hydroxylation is 1. The second-order valence-corrected chi connectivity index (χ2v) is 7.90. The van der Waals surface area contributed by atoms with Crippen molar-refractivity contribution in [3.05, 3.63) is 35.1 Å². The Morgan fingerprint density at radius 3 is 2.59 bits per heavy atom. The Kier molecular flexibility index (Phi) is 3.98. The molecule has 3 atom stereocenters. The molecule has 2 saturated carbocycles. The van der Waals surface area contributed by atoms with Crippen molar-refractivity contribution in [1.82, 2.24) is 4.90 Å². The van der Waals surface area contributed by atoms with Gasteiger partial charge in [0.1, 0.15) is 5.82 Å². The van der Waals surface area contributed by atoms with E-state index in [-0.39, 0.29) is 5.82 Å². The summed E-state index contributed by atoms with van der Waals surface area (Å²) in [6.07, 6.45) is 9.75. The lowest BCUT2D eigenvalue weighted by Gasteiger charge is -2.42. The summed E-state index contributed by atoms with van der Waals surface area (Å²) in [5.74, 6) is 2.51. The maximum atomic E-state index is 13.6. The van der Waals surface area contributed by atoms with Gasteiger partial charge in [0, 0.05) is 6.04 Å². The molecule has 2 bridgehead atoms. The van der Waals surface area contributed by atoms with Gasteiger partial charge >= 0.3 is 0 Å². The lowest BCUT2D eigenvalue weighted by atomic mass is 9.81. The van der Waals surface area contributed by atoms with E-state index in [4.69, 9.17) is 0 Å². The summed E-state index contributed by atoms with van der Waals surface area (Å²) in [5.41, 5.74) is 2.51. The van der Waals surface area contributed by atoms with Crippen molar-refractivity contribution in [2.45, 2.75) is 63.8 Å². The van der Waals surface area contributed by atoms with Gasteiger partial charge in [-0.1, -0.05) is 12.5 Å². The molecule has 3 aliphatic rings. The van der Waals surface area contributed by atoms with Crippen LogP contribution < -0.4 is 0 Å². The number of hydrogen-bond donors (Lipinski definition) is 0. The van der Waals surface area contributed by atoms with Gasteiger partial charge in [-0.15, -0.1) is 0 Å². The third kappa shape index (κ3) is 2.71. The smallest absolute Gasteiger partial charge is 0.123 e. The minimum atomic E-state index is -0.0766. The van der Waals surface area contributed by atoms with Crippen LogP contribution in [0.2, 0.25) is 0 Å². The molecule has 0 aromatic heterocycles. The summed E-state index contributed by atoms with van der Waals surface area (Å²) < 4.78 is 13.6. The van der Waals surface area contributed by atoms with Crippen LogP contribution in [-0.4, -0.2) is 24.0 Å². The van der Waals surface area contributed by atoms with E-state index in [0.29, 0.717) is 5.92 Å². The number of nitrogens with zero attached hydrogens (tertiary/aromatic N) is 1. The third-order valence-corrected chi connectivity index (χ3v) is 6.68. The van der Waals surface area contributed by atoms with Gasteiger partial charge in [0.2, 0.25) is 0 Å². The van der Waals surface area contributed by atoms with E-state index in [1.165, 1.54) is 69.2 Å². The summed E-state index contributed by atoms with van der Waals surface area (Å²) in [5, 5.41) is 0. The van der Waals surface area contributed by atoms with Crippen molar-refractivity contribution in [3.8, 4) is 0 Å². The average molecular weight is 301 g/mol. The average Bonchev–Trinajstić information content (AvgIpc) is 2.91. The minimum absolute atomic E-state index is 0.0766. The molecule has 1 heterocycles. The maximum Gasteiger partial charge on any atom is 0.123 e. The number of piperidine rings is 1. The van der Waals surface area contributed by atoms with E-state index in [9.17, 15) is 4.39 Å². The Bertz CT molecular complexity index is 533. The molecule has 120 valence electrons. The van der Waals surface area contributed by atoms with Crippen LogP contribution in [0.4, 0.5) is 4.39 Å². The van der Waals surface area contributed by atoms with Crippen molar-refractivity contribution in [3.63, 3.8) is 0 Å². The third-order valence-electron chi connectivity index (χ3n) is 6.68. The first-order valence-corrected chi connectivity index (χ1v) is 9.21. The van der Waals surface area contributed by atoms with Gasteiger partial charge in [-0.2, -0.15) is 0 Å². The molecule has 4 rings (SSSR count). The van der Waals surface area contributed by atoms with Crippen molar-refractivity contribution in [1.29, 1.82) is 0 Å². The van der Waals surface area contributed by atoms with Crippen LogP contribution in [0.3, 0.4) is 0 Å². The second-order valence-electron chi connectivity index (χ2n) is 7.90. The molecule has 1 aromatic rings. The zero-order chi connectivity index (χ0) is 15.1. The van der Waals surface area contributed by atoms with Crippen LogP contribution >= 0.6 is 0 Å². The first-order chi connectivity index (χ1) is 10.7. The molecule has 2 heteroatoms. The molecule has 1 aromatic carbocycles. The van der Waals surface area contributed by atoms with Crippen molar-refractivity contribution < 1.29 is 4.39 Å². The number of halogens is 1. The molecule has 0 N–H and O–H groups in total. The van der Waals surface area contributed by atoms with E-state index in [2.05, 4.69) is 11.8 Å². The van der Waals surface area contributed by atoms with Gasteiger partial charge in [0.15, 0.2) is 0 Å². The highest BCUT2D eigenvalue weighted by molar-refractivity contribution is 5.30. The zero-order valence-electron chi connectivity index (χ0n) is 13.7. The normalized spacial score (nSPS) is 33.3. The molecule has 1 aliphatic heterocycles. The largest absolute Gasteiger partial charge is 0.300 e. The van der Waals surface area contributed by atoms with Crippen LogP contribution in [0.15, 0.2) is 18.2 Å². The van der Waals surface area contributed by atoms with Crippen LogP contribution in [0.1, 0.15) is 62.0 Å². The Labute approximate surface area is 133 Å². The molecule has 22 heavy (non-hydrogen) atoms. The van der Waals surface area contributed by atoms with E-state index in [0.717, 1.165) is 17.9 Å². The maximum absolute atomic E-state index is 13.6. The van der Waals surface area contributed by atoms with Gasteiger partial charge < -0.3 is 4.90 Å². The predicted octanol–water partition coefficient (Wildman–Crippen LogP) is 4.89. The summed E-state index contributed by atoms with van der Waals surface area (Å²) in [7, 11) is 0. The van der Waals surface area contributed by atoms with Crippen LogP contribution in [0, 0.1) is 24.6 Å². The summed E-state index contributed by atoms with van der Waals surface area (Å²) >= 11 is 0.